The van der Waals surface area contributed by atoms with Crippen LogP contribution in [0.25, 0.3) is 11.1 Å². The number of nitrogens with zero attached hydrogens (tertiary/aromatic N) is 1. The van der Waals surface area contributed by atoms with Crippen LogP contribution in [0.4, 0.5) is 0 Å². The van der Waals surface area contributed by atoms with Crippen LogP contribution in [0.15, 0.2) is 48.8 Å². The van der Waals surface area contributed by atoms with Crippen LogP contribution in [-0.2, 0) is 0 Å². The van der Waals surface area contributed by atoms with Crippen molar-refractivity contribution >= 4 is 0 Å². The van der Waals surface area contributed by atoms with Gasteiger partial charge in [-0.25, -0.2) is 0 Å². The molecule has 1 aromatic heterocycles. The minimum atomic E-state index is 0.193. The SMILES string of the molecule is CC(Oc1cccc(-c2ccncc2)c1)C1CCCCN1. The van der Waals surface area contributed by atoms with Gasteiger partial charge in [0.1, 0.15) is 11.9 Å². The predicted octanol–water partition coefficient (Wildman–Crippen LogP) is 3.66. The predicted molar refractivity (Wildman–Crippen MR) is 85.4 cm³/mol. The Bertz CT molecular complexity index is 564. The first kappa shape index (κ1) is 14.1. The molecule has 3 rings (SSSR count). The number of nitrogens with one attached hydrogen (secondary N) is 1. The van der Waals surface area contributed by atoms with Crippen molar-refractivity contribution in [2.45, 2.75) is 38.3 Å². The van der Waals surface area contributed by atoms with E-state index in [1.165, 1.54) is 30.4 Å². The third-order valence-electron chi connectivity index (χ3n) is 4.08. The summed E-state index contributed by atoms with van der Waals surface area (Å²) in [7, 11) is 0. The van der Waals surface area contributed by atoms with E-state index < -0.39 is 0 Å². The lowest BCUT2D eigenvalue weighted by Crippen LogP contribution is -2.44. The average molecular weight is 282 g/mol. The Kier molecular flexibility index (Phi) is 4.51. The highest BCUT2D eigenvalue weighted by atomic mass is 16.5. The fourth-order valence-corrected chi connectivity index (χ4v) is 2.87. The summed E-state index contributed by atoms with van der Waals surface area (Å²) >= 11 is 0. The lowest BCUT2D eigenvalue weighted by atomic mass is 10.0. The molecule has 1 aliphatic heterocycles. The third-order valence-corrected chi connectivity index (χ3v) is 4.08. The molecular formula is C18H22N2O. The highest BCUT2D eigenvalue weighted by Crippen LogP contribution is 2.25. The van der Waals surface area contributed by atoms with Crippen LogP contribution in [0.2, 0.25) is 0 Å². The van der Waals surface area contributed by atoms with Crippen molar-refractivity contribution in [3.8, 4) is 16.9 Å². The summed E-state index contributed by atoms with van der Waals surface area (Å²) in [6, 6.07) is 12.8. The standard InChI is InChI=1S/C18H22N2O/c1-14(18-7-2-3-10-20-18)21-17-6-4-5-16(13-17)15-8-11-19-12-9-15/h4-6,8-9,11-14,18,20H,2-3,7,10H2,1H3. The highest BCUT2D eigenvalue weighted by Gasteiger charge is 2.20. The first-order valence-electron chi connectivity index (χ1n) is 7.73. The Morgan fingerprint density at radius 1 is 1.14 bits per heavy atom. The molecule has 0 bridgehead atoms. The molecule has 1 saturated heterocycles. The van der Waals surface area contributed by atoms with Crippen molar-refractivity contribution in [1.82, 2.24) is 10.3 Å². The maximum Gasteiger partial charge on any atom is 0.120 e. The lowest BCUT2D eigenvalue weighted by molar-refractivity contribution is 0.153. The summed E-state index contributed by atoms with van der Waals surface area (Å²) in [5, 5.41) is 3.55. The molecule has 2 atom stereocenters. The van der Waals surface area contributed by atoms with E-state index in [4.69, 9.17) is 4.74 Å². The number of rotatable bonds is 4. The number of hydrogen-bond acceptors (Lipinski definition) is 3. The average Bonchev–Trinajstić information content (AvgIpc) is 2.57. The van der Waals surface area contributed by atoms with E-state index in [0.29, 0.717) is 6.04 Å². The molecule has 2 aromatic rings. The van der Waals surface area contributed by atoms with Crippen molar-refractivity contribution in [3.05, 3.63) is 48.8 Å². The minimum Gasteiger partial charge on any atom is -0.489 e. The largest absolute Gasteiger partial charge is 0.489 e. The molecule has 0 amide bonds. The van der Waals surface area contributed by atoms with Gasteiger partial charge in [0.25, 0.3) is 0 Å². The molecule has 0 spiro atoms. The first-order valence-corrected chi connectivity index (χ1v) is 7.73. The number of pyridine rings is 1. The molecule has 2 unspecified atom stereocenters. The van der Waals surface area contributed by atoms with Crippen molar-refractivity contribution in [1.29, 1.82) is 0 Å². The number of aromatic nitrogens is 1. The van der Waals surface area contributed by atoms with E-state index in [1.807, 2.05) is 36.7 Å². The lowest BCUT2D eigenvalue weighted by Gasteiger charge is -2.29. The van der Waals surface area contributed by atoms with Crippen LogP contribution < -0.4 is 10.1 Å². The van der Waals surface area contributed by atoms with Crippen molar-refractivity contribution in [2.24, 2.45) is 0 Å². The van der Waals surface area contributed by atoms with Gasteiger partial charge in [-0.3, -0.25) is 4.98 Å². The Labute approximate surface area is 126 Å². The number of benzene rings is 1. The highest BCUT2D eigenvalue weighted by molar-refractivity contribution is 5.64. The van der Waals surface area contributed by atoms with Gasteiger partial charge >= 0.3 is 0 Å². The van der Waals surface area contributed by atoms with Crippen molar-refractivity contribution < 1.29 is 4.74 Å². The van der Waals surface area contributed by atoms with E-state index in [9.17, 15) is 0 Å². The summed E-state index contributed by atoms with van der Waals surface area (Å²) < 4.78 is 6.14. The van der Waals surface area contributed by atoms with Gasteiger partial charge in [-0.1, -0.05) is 18.6 Å². The van der Waals surface area contributed by atoms with Gasteiger partial charge in [0, 0.05) is 18.4 Å². The summed E-state index contributed by atoms with van der Waals surface area (Å²) in [5.74, 6) is 0.934. The Balaban J connectivity index is 1.71. The van der Waals surface area contributed by atoms with Gasteiger partial charge in [0.2, 0.25) is 0 Å². The summed E-state index contributed by atoms with van der Waals surface area (Å²) in [5.41, 5.74) is 2.33. The number of ether oxygens (including phenoxy) is 1. The summed E-state index contributed by atoms with van der Waals surface area (Å²) in [6.45, 7) is 3.26. The molecule has 3 nitrogen and oxygen atoms in total. The second-order valence-corrected chi connectivity index (χ2v) is 5.64. The molecule has 21 heavy (non-hydrogen) atoms. The molecule has 2 heterocycles. The zero-order valence-electron chi connectivity index (χ0n) is 12.5. The van der Waals surface area contributed by atoms with Crippen LogP contribution in [0, 0.1) is 0 Å². The van der Waals surface area contributed by atoms with Crippen LogP contribution >= 0.6 is 0 Å². The molecule has 1 aliphatic rings. The van der Waals surface area contributed by atoms with E-state index in [-0.39, 0.29) is 6.10 Å². The number of hydrogen-bond donors (Lipinski definition) is 1. The van der Waals surface area contributed by atoms with Gasteiger partial charge in [0.15, 0.2) is 0 Å². The topological polar surface area (TPSA) is 34.1 Å². The minimum absolute atomic E-state index is 0.193. The fourth-order valence-electron chi connectivity index (χ4n) is 2.87. The molecule has 1 fully saturated rings. The molecular weight excluding hydrogens is 260 g/mol. The smallest absolute Gasteiger partial charge is 0.120 e. The van der Waals surface area contributed by atoms with Crippen LogP contribution in [0.1, 0.15) is 26.2 Å². The fraction of sp³-hybridized carbons (Fsp3) is 0.389. The molecule has 1 aromatic carbocycles. The zero-order valence-corrected chi connectivity index (χ0v) is 12.5. The Morgan fingerprint density at radius 3 is 2.76 bits per heavy atom. The van der Waals surface area contributed by atoms with Gasteiger partial charge in [-0.15, -0.1) is 0 Å². The second-order valence-electron chi connectivity index (χ2n) is 5.64. The van der Waals surface area contributed by atoms with E-state index in [1.54, 1.807) is 0 Å². The molecule has 0 aliphatic carbocycles. The van der Waals surface area contributed by atoms with Crippen LogP contribution in [-0.4, -0.2) is 23.7 Å². The summed E-state index contributed by atoms with van der Waals surface area (Å²) in [4.78, 5) is 4.06. The summed E-state index contributed by atoms with van der Waals surface area (Å²) in [6.07, 6.45) is 7.60. The molecule has 0 saturated carbocycles. The first-order chi connectivity index (χ1) is 10.3. The molecule has 1 N–H and O–H groups in total. The maximum atomic E-state index is 6.14. The van der Waals surface area contributed by atoms with E-state index in [0.717, 1.165) is 12.3 Å². The number of piperidine rings is 1. The molecule has 110 valence electrons. The monoisotopic (exact) mass is 282 g/mol. The molecule has 0 radical (unpaired) electrons. The van der Waals surface area contributed by atoms with Gasteiger partial charge < -0.3 is 10.1 Å². The van der Waals surface area contributed by atoms with Gasteiger partial charge in [-0.2, -0.15) is 0 Å². The second kappa shape index (κ2) is 6.72. The Hall–Kier alpha value is -1.87. The van der Waals surface area contributed by atoms with Gasteiger partial charge in [-0.05, 0) is 61.7 Å². The quantitative estimate of drug-likeness (QED) is 0.929. The van der Waals surface area contributed by atoms with Crippen molar-refractivity contribution in [2.75, 3.05) is 6.54 Å². The normalized spacial score (nSPS) is 20.0. The molecule has 3 heteroatoms. The maximum absolute atomic E-state index is 6.14. The third kappa shape index (κ3) is 3.61. The van der Waals surface area contributed by atoms with Crippen LogP contribution in [0.3, 0.4) is 0 Å². The zero-order chi connectivity index (χ0) is 14.5. The van der Waals surface area contributed by atoms with Gasteiger partial charge in [0.05, 0.1) is 0 Å². The van der Waals surface area contributed by atoms with E-state index >= 15 is 0 Å². The Morgan fingerprint density at radius 2 is 2.00 bits per heavy atom. The van der Waals surface area contributed by atoms with Crippen LogP contribution in [0.5, 0.6) is 5.75 Å². The van der Waals surface area contributed by atoms with E-state index in [2.05, 4.69) is 29.4 Å². The van der Waals surface area contributed by atoms with Crippen molar-refractivity contribution in [3.63, 3.8) is 0 Å².